The van der Waals surface area contributed by atoms with Crippen LogP contribution in [0.3, 0.4) is 0 Å². The van der Waals surface area contributed by atoms with Gasteiger partial charge in [-0.1, -0.05) is 0 Å². The van der Waals surface area contributed by atoms with Crippen molar-refractivity contribution >= 4 is 5.82 Å². The Morgan fingerprint density at radius 3 is 2.44 bits per heavy atom. The van der Waals surface area contributed by atoms with E-state index >= 15 is 0 Å². The lowest BCUT2D eigenvalue weighted by atomic mass is 9.88. The number of fused-ring (bicyclic) bond motifs is 2. The Morgan fingerprint density at radius 1 is 1.12 bits per heavy atom. The average molecular weight is 215 g/mol. The van der Waals surface area contributed by atoms with Gasteiger partial charge in [0.2, 0.25) is 0 Å². The van der Waals surface area contributed by atoms with E-state index in [1.165, 1.54) is 38.5 Å². The molecule has 1 spiro atoms. The molecule has 0 N–H and O–H groups in total. The Hall–Kier alpha value is -1.12. The van der Waals surface area contributed by atoms with Crippen molar-refractivity contribution in [2.45, 2.75) is 50.6 Å². The molecule has 2 saturated heterocycles. The molecule has 3 heterocycles. The molecular formula is C13H17N3. The van der Waals surface area contributed by atoms with Crippen molar-refractivity contribution in [1.82, 2.24) is 9.97 Å². The number of anilines is 1. The van der Waals surface area contributed by atoms with Gasteiger partial charge in [-0.25, -0.2) is 4.98 Å². The first-order chi connectivity index (χ1) is 7.86. The van der Waals surface area contributed by atoms with Crippen LogP contribution in [0, 0.1) is 5.41 Å². The summed E-state index contributed by atoms with van der Waals surface area (Å²) >= 11 is 0. The fourth-order valence-electron chi connectivity index (χ4n) is 3.83. The molecule has 4 rings (SSSR count). The fraction of sp³-hybridized carbons (Fsp3) is 0.692. The van der Waals surface area contributed by atoms with Crippen LogP contribution >= 0.6 is 0 Å². The fourth-order valence-corrected chi connectivity index (χ4v) is 3.83. The van der Waals surface area contributed by atoms with Crippen LogP contribution in [0.1, 0.15) is 38.5 Å². The van der Waals surface area contributed by atoms with E-state index in [1.54, 1.807) is 6.20 Å². The lowest BCUT2D eigenvalue weighted by Crippen LogP contribution is -2.44. The summed E-state index contributed by atoms with van der Waals surface area (Å²) in [6.07, 6.45) is 14.0. The second-order valence-electron chi connectivity index (χ2n) is 5.76. The number of aromatic nitrogens is 2. The first-order valence-corrected chi connectivity index (χ1v) is 6.41. The molecule has 0 amide bonds. The summed E-state index contributed by atoms with van der Waals surface area (Å²) in [5.74, 6) is 1.10. The van der Waals surface area contributed by atoms with Crippen LogP contribution in [-0.2, 0) is 0 Å². The Morgan fingerprint density at radius 2 is 1.88 bits per heavy atom. The van der Waals surface area contributed by atoms with Gasteiger partial charge in [0.05, 0.1) is 6.20 Å². The highest BCUT2D eigenvalue weighted by Gasteiger charge is 2.54. The van der Waals surface area contributed by atoms with E-state index in [1.807, 2.05) is 12.4 Å². The van der Waals surface area contributed by atoms with Crippen LogP contribution in [0.25, 0.3) is 0 Å². The minimum atomic E-state index is 0.748. The highest BCUT2D eigenvalue weighted by molar-refractivity contribution is 5.42. The van der Waals surface area contributed by atoms with Crippen LogP contribution < -0.4 is 4.90 Å². The zero-order chi connectivity index (χ0) is 10.6. The van der Waals surface area contributed by atoms with Gasteiger partial charge >= 0.3 is 0 Å². The van der Waals surface area contributed by atoms with E-state index < -0.39 is 0 Å². The van der Waals surface area contributed by atoms with Crippen molar-refractivity contribution in [3.63, 3.8) is 0 Å². The first-order valence-electron chi connectivity index (χ1n) is 6.41. The third-order valence-corrected chi connectivity index (χ3v) is 4.73. The van der Waals surface area contributed by atoms with Gasteiger partial charge in [0.1, 0.15) is 5.82 Å². The summed E-state index contributed by atoms with van der Waals surface area (Å²) in [5.41, 5.74) is 0.755. The van der Waals surface area contributed by atoms with Crippen LogP contribution in [-0.4, -0.2) is 22.1 Å². The Kier molecular flexibility index (Phi) is 1.66. The third-order valence-electron chi connectivity index (χ3n) is 4.73. The maximum absolute atomic E-state index is 4.47. The topological polar surface area (TPSA) is 29.0 Å². The van der Waals surface area contributed by atoms with E-state index in [4.69, 9.17) is 0 Å². The summed E-state index contributed by atoms with van der Waals surface area (Å²) in [5, 5.41) is 0. The normalized spacial score (nSPS) is 34.4. The molecule has 3 nitrogen and oxygen atoms in total. The van der Waals surface area contributed by atoms with Crippen molar-refractivity contribution in [3.05, 3.63) is 18.6 Å². The largest absolute Gasteiger partial charge is 0.349 e. The quantitative estimate of drug-likeness (QED) is 0.720. The van der Waals surface area contributed by atoms with Gasteiger partial charge < -0.3 is 4.90 Å². The highest BCUT2D eigenvalue weighted by Crippen LogP contribution is 2.60. The van der Waals surface area contributed by atoms with Crippen molar-refractivity contribution in [3.8, 4) is 0 Å². The van der Waals surface area contributed by atoms with Gasteiger partial charge in [-0.3, -0.25) is 4.98 Å². The first kappa shape index (κ1) is 8.97. The average Bonchev–Trinajstić information content (AvgIpc) is 3.00. The van der Waals surface area contributed by atoms with Crippen LogP contribution in [0.5, 0.6) is 0 Å². The summed E-state index contributed by atoms with van der Waals surface area (Å²) in [6, 6.07) is 1.50. The number of rotatable bonds is 1. The van der Waals surface area contributed by atoms with E-state index in [0.29, 0.717) is 0 Å². The van der Waals surface area contributed by atoms with E-state index in [-0.39, 0.29) is 0 Å². The van der Waals surface area contributed by atoms with Crippen molar-refractivity contribution < 1.29 is 0 Å². The maximum atomic E-state index is 4.47. The summed E-state index contributed by atoms with van der Waals surface area (Å²) in [6.45, 7) is 0. The molecular weight excluding hydrogens is 198 g/mol. The predicted molar refractivity (Wildman–Crippen MR) is 62.2 cm³/mol. The van der Waals surface area contributed by atoms with Crippen molar-refractivity contribution in [1.29, 1.82) is 0 Å². The molecule has 3 aliphatic rings. The minimum Gasteiger partial charge on any atom is -0.349 e. The summed E-state index contributed by atoms with van der Waals surface area (Å²) in [4.78, 5) is 11.2. The predicted octanol–water partition coefficient (Wildman–Crippen LogP) is 2.39. The minimum absolute atomic E-state index is 0.748. The summed E-state index contributed by atoms with van der Waals surface area (Å²) < 4.78 is 0. The third kappa shape index (κ3) is 1.20. The van der Waals surface area contributed by atoms with Crippen LogP contribution in [0.15, 0.2) is 18.6 Å². The van der Waals surface area contributed by atoms with Crippen LogP contribution in [0.2, 0.25) is 0 Å². The Bertz CT molecular complexity index is 383. The van der Waals surface area contributed by atoms with Crippen LogP contribution in [0.4, 0.5) is 5.82 Å². The molecule has 1 aromatic heterocycles. The summed E-state index contributed by atoms with van der Waals surface area (Å²) in [7, 11) is 0. The lowest BCUT2D eigenvalue weighted by molar-refractivity contribution is 0.317. The molecule has 1 aromatic rings. The van der Waals surface area contributed by atoms with Gasteiger partial charge in [0, 0.05) is 24.5 Å². The van der Waals surface area contributed by atoms with Gasteiger partial charge in [-0.15, -0.1) is 0 Å². The molecule has 16 heavy (non-hydrogen) atoms. The smallest absolute Gasteiger partial charge is 0.147 e. The van der Waals surface area contributed by atoms with Gasteiger partial charge in [0.15, 0.2) is 0 Å². The van der Waals surface area contributed by atoms with Gasteiger partial charge in [0.25, 0.3) is 0 Å². The Labute approximate surface area is 95.9 Å². The van der Waals surface area contributed by atoms with E-state index in [2.05, 4.69) is 14.9 Å². The van der Waals surface area contributed by atoms with Gasteiger partial charge in [-0.05, 0) is 43.9 Å². The molecule has 2 unspecified atom stereocenters. The molecule has 2 atom stereocenters. The molecule has 3 fully saturated rings. The molecule has 2 bridgehead atoms. The SMILES string of the molecule is c1cnc(N2C3CCC2CC2(CC2)C3)cn1. The standard InChI is InChI=1S/C13H17N3/c1-2-11-8-13(3-4-13)7-10(1)16(11)12-9-14-5-6-15-12/h5-6,9-11H,1-4,7-8H2. The molecule has 1 saturated carbocycles. The molecule has 0 radical (unpaired) electrons. The second kappa shape index (κ2) is 2.96. The van der Waals surface area contributed by atoms with Crippen molar-refractivity contribution in [2.75, 3.05) is 4.90 Å². The maximum Gasteiger partial charge on any atom is 0.147 e. The van der Waals surface area contributed by atoms with E-state index in [9.17, 15) is 0 Å². The number of hydrogen-bond acceptors (Lipinski definition) is 3. The number of hydrogen-bond donors (Lipinski definition) is 0. The molecule has 3 heteroatoms. The zero-order valence-electron chi connectivity index (χ0n) is 9.47. The monoisotopic (exact) mass is 215 g/mol. The van der Waals surface area contributed by atoms with Crippen molar-refractivity contribution in [2.24, 2.45) is 5.41 Å². The van der Waals surface area contributed by atoms with Gasteiger partial charge in [-0.2, -0.15) is 0 Å². The zero-order valence-corrected chi connectivity index (χ0v) is 9.47. The molecule has 0 aromatic carbocycles. The number of nitrogens with zero attached hydrogens (tertiary/aromatic N) is 3. The Balaban J connectivity index is 1.66. The lowest BCUT2D eigenvalue weighted by Gasteiger charge is -2.40. The molecule has 2 aliphatic heterocycles. The molecule has 84 valence electrons. The number of piperidine rings is 1. The highest BCUT2D eigenvalue weighted by atomic mass is 15.3. The van der Waals surface area contributed by atoms with E-state index in [0.717, 1.165) is 23.3 Å². The molecule has 1 aliphatic carbocycles. The second-order valence-corrected chi connectivity index (χ2v) is 5.76.